The van der Waals surface area contributed by atoms with Crippen LogP contribution < -0.4 is 4.74 Å². The summed E-state index contributed by atoms with van der Waals surface area (Å²) in [6, 6.07) is 21.4. The Hall–Kier alpha value is -3.15. The molecule has 5 nitrogen and oxygen atoms in total. The van der Waals surface area contributed by atoms with E-state index in [1.807, 2.05) is 24.3 Å². The highest BCUT2D eigenvalue weighted by molar-refractivity contribution is 6.30. The number of nitrogens with zero attached hydrogens (tertiary/aromatic N) is 3. The van der Waals surface area contributed by atoms with Gasteiger partial charge in [0.1, 0.15) is 17.5 Å². The van der Waals surface area contributed by atoms with Crippen LogP contribution >= 0.6 is 23.2 Å². The molecule has 1 atom stereocenters. The van der Waals surface area contributed by atoms with Gasteiger partial charge in [0.25, 0.3) is 0 Å². The first kappa shape index (κ1) is 21.1. The molecule has 0 fully saturated rings. The van der Waals surface area contributed by atoms with Gasteiger partial charge in [0.15, 0.2) is 5.78 Å². The van der Waals surface area contributed by atoms with Gasteiger partial charge in [-0.15, -0.1) is 0 Å². The Morgan fingerprint density at radius 3 is 2.16 bits per heavy atom. The third kappa shape index (κ3) is 4.95. The van der Waals surface area contributed by atoms with Crippen LogP contribution in [0.3, 0.4) is 0 Å². The van der Waals surface area contributed by atoms with Gasteiger partial charge in [-0.1, -0.05) is 47.5 Å². The predicted molar refractivity (Wildman–Crippen MR) is 122 cm³/mol. The van der Waals surface area contributed by atoms with Crippen molar-refractivity contribution in [2.45, 2.75) is 12.5 Å². The maximum Gasteiger partial charge on any atom is 0.165 e. The van der Waals surface area contributed by atoms with Crippen molar-refractivity contribution < 1.29 is 9.53 Å². The number of methoxy groups -OCH3 is 1. The number of ketones is 1. The molecule has 0 saturated heterocycles. The lowest BCUT2D eigenvalue weighted by Crippen LogP contribution is -2.18. The second-order valence-electron chi connectivity index (χ2n) is 6.98. The summed E-state index contributed by atoms with van der Waals surface area (Å²) >= 11 is 12.0. The first-order valence-corrected chi connectivity index (χ1v) is 10.4. The summed E-state index contributed by atoms with van der Waals surface area (Å²) in [5.41, 5.74) is 3.09. The van der Waals surface area contributed by atoms with Crippen LogP contribution in [0.15, 0.2) is 79.0 Å². The van der Waals surface area contributed by atoms with Crippen molar-refractivity contribution in [2.75, 3.05) is 7.11 Å². The Bertz CT molecular complexity index is 1170. The molecule has 0 aliphatic rings. The van der Waals surface area contributed by atoms with E-state index in [2.05, 4.69) is 10.2 Å². The van der Waals surface area contributed by atoms with E-state index in [0.717, 1.165) is 11.1 Å². The molecule has 0 saturated carbocycles. The van der Waals surface area contributed by atoms with E-state index < -0.39 is 0 Å². The Balaban J connectivity index is 1.65. The Morgan fingerprint density at radius 2 is 1.55 bits per heavy atom. The minimum absolute atomic E-state index is 0.0204. The monoisotopic (exact) mass is 451 g/mol. The fraction of sp³-hybridized carbons (Fsp3) is 0.125. The standard InChI is InChI=1S/C24H19Cl2N3O2/c1-31-21-12-6-18(7-13-21)24(30)14-23(17-4-10-20(26)11-5-17)29-27-15-22(28-29)16-2-8-19(25)9-3-16/h2-13,15,23H,14H2,1H3. The van der Waals surface area contributed by atoms with Crippen LogP contribution in [0.2, 0.25) is 10.0 Å². The molecule has 0 aliphatic heterocycles. The zero-order chi connectivity index (χ0) is 21.8. The summed E-state index contributed by atoms with van der Waals surface area (Å²) in [5, 5.41) is 10.4. The maximum absolute atomic E-state index is 13.0. The van der Waals surface area contributed by atoms with E-state index in [-0.39, 0.29) is 18.2 Å². The molecule has 0 aliphatic carbocycles. The molecule has 4 aromatic rings. The number of hydrogen-bond donors (Lipinski definition) is 0. The minimum atomic E-state index is -0.382. The Morgan fingerprint density at radius 1 is 0.935 bits per heavy atom. The van der Waals surface area contributed by atoms with Gasteiger partial charge in [-0.3, -0.25) is 4.79 Å². The van der Waals surface area contributed by atoms with Gasteiger partial charge >= 0.3 is 0 Å². The van der Waals surface area contributed by atoms with E-state index in [9.17, 15) is 4.79 Å². The quantitative estimate of drug-likeness (QED) is 0.317. The average molecular weight is 452 g/mol. The lowest BCUT2D eigenvalue weighted by Gasteiger charge is -2.16. The van der Waals surface area contributed by atoms with Crippen molar-refractivity contribution in [3.05, 3.63) is 100 Å². The van der Waals surface area contributed by atoms with E-state index >= 15 is 0 Å². The zero-order valence-corrected chi connectivity index (χ0v) is 18.2. The second kappa shape index (κ2) is 9.33. The first-order valence-electron chi connectivity index (χ1n) is 9.64. The summed E-state index contributed by atoms with van der Waals surface area (Å²) in [6.45, 7) is 0. The number of carbonyl (C=O) groups excluding carboxylic acids is 1. The molecular formula is C24H19Cl2N3O2. The predicted octanol–water partition coefficient (Wildman–Crippen LogP) is 6.12. The third-order valence-electron chi connectivity index (χ3n) is 4.97. The highest BCUT2D eigenvalue weighted by atomic mass is 35.5. The topological polar surface area (TPSA) is 57.0 Å². The van der Waals surface area contributed by atoms with Gasteiger partial charge in [-0.2, -0.15) is 15.0 Å². The van der Waals surface area contributed by atoms with Crippen molar-refractivity contribution in [1.82, 2.24) is 15.0 Å². The summed E-state index contributed by atoms with van der Waals surface area (Å²) in [4.78, 5) is 14.6. The van der Waals surface area contributed by atoms with Crippen LogP contribution in [0.25, 0.3) is 11.3 Å². The molecule has 4 rings (SSSR count). The van der Waals surface area contributed by atoms with Gasteiger partial charge in [-0.05, 0) is 54.1 Å². The van der Waals surface area contributed by atoms with Gasteiger partial charge in [0.2, 0.25) is 0 Å². The number of halogens is 2. The second-order valence-corrected chi connectivity index (χ2v) is 7.85. The fourth-order valence-corrected chi connectivity index (χ4v) is 3.52. The molecule has 1 aromatic heterocycles. The van der Waals surface area contributed by atoms with Gasteiger partial charge in [0.05, 0.1) is 13.3 Å². The third-order valence-corrected chi connectivity index (χ3v) is 5.48. The van der Waals surface area contributed by atoms with Crippen LogP contribution in [0.5, 0.6) is 5.75 Å². The molecule has 3 aromatic carbocycles. The average Bonchev–Trinajstić information content (AvgIpc) is 3.28. The molecule has 0 spiro atoms. The van der Waals surface area contributed by atoms with Crippen molar-refractivity contribution in [1.29, 1.82) is 0 Å². The van der Waals surface area contributed by atoms with E-state index in [1.54, 1.807) is 66.6 Å². The summed E-state index contributed by atoms with van der Waals surface area (Å²) in [6.07, 6.45) is 1.88. The summed E-state index contributed by atoms with van der Waals surface area (Å²) < 4.78 is 5.18. The molecule has 0 radical (unpaired) electrons. The summed E-state index contributed by atoms with van der Waals surface area (Å²) in [5.74, 6) is 0.681. The molecule has 1 heterocycles. The smallest absolute Gasteiger partial charge is 0.165 e. The molecule has 0 amide bonds. The number of Topliss-reactive ketones (excluding diaryl/α,β-unsaturated/α-hetero) is 1. The molecule has 31 heavy (non-hydrogen) atoms. The molecule has 7 heteroatoms. The molecule has 0 bridgehead atoms. The van der Waals surface area contributed by atoms with Crippen molar-refractivity contribution in [3.63, 3.8) is 0 Å². The van der Waals surface area contributed by atoms with Crippen LogP contribution in [0.1, 0.15) is 28.4 Å². The lowest BCUT2D eigenvalue weighted by molar-refractivity contribution is 0.0964. The number of ether oxygens (including phenoxy) is 1. The fourth-order valence-electron chi connectivity index (χ4n) is 3.27. The number of carbonyl (C=O) groups is 1. The van der Waals surface area contributed by atoms with E-state index in [4.69, 9.17) is 27.9 Å². The van der Waals surface area contributed by atoms with E-state index in [0.29, 0.717) is 27.1 Å². The SMILES string of the molecule is COc1ccc(C(=O)CC(c2ccc(Cl)cc2)n2ncc(-c3ccc(Cl)cc3)n2)cc1. The van der Waals surface area contributed by atoms with Crippen LogP contribution in [0.4, 0.5) is 0 Å². The van der Waals surface area contributed by atoms with Crippen LogP contribution in [0, 0.1) is 0 Å². The van der Waals surface area contributed by atoms with Gasteiger partial charge < -0.3 is 4.74 Å². The van der Waals surface area contributed by atoms with Gasteiger partial charge in [0, 0.05) is 27.6 Å². The summed E-state index contributed by atoms with van der Waals surface area (Å²) in [7, 11) is 1.59. The Labute approximate surface area is 190 Å². The number of rotatable bonds is 7. The number of hydrogen-bond acceptors (Lipinski definition) is 4. The minimum Gasteiger partial charge on any atom is -0.497 e. The van der Waals surface area contributed by atoms with E-state index in [1.165, 1.54) is 0 Å². The van der Waals surface area contributed by atoms with Crippen LogP contribution in [-0.2, 0) is 0 Å². The lowest BCUT2D eigenvalue weighted by atomic mass is 9.98. The van der Waals surface area contributed by atoms with Crippen molar-refractivity contribution in [3.8, 4) is 17.0 Å². The zero-order valence-electron chi connectivity index (χ0n) is 16.7. The Kier molecular flexibility index (Phi) is 6.35. The molecular weight excluding hydrogens is 433 g/mol. The van der Waals surface area contributed by atoms with Crippen molar-refractivity contribution >= 4 is 29.0 Å². The molecule has 156 valence electrons. The molecule has 1 unspecified atom stereocenters. The van der Waals surface area contributed by atoms with Crippen LogP contribution in [-0.4, -0.2) is 27.9 Å². The molecule has 0 N–H and O–H groups in total. The first-order chi connectivity index (χ1) is 15.0. The number of benzene rings is 3. The van der Waals surface area contributed by atoms with Gasteiger partial charge in [-0.25, -0.2) is 0 Å². The highest BCUT2D eigenvalue weighted by Crippen LogP contribution is 2.27. The highest BCUT2D eigenvalue weighted by Gasteiger charge is 2.22. The van der Waals surface area contributed by atoms with Crippen molar-refractivity contribution in [2.24, 2.45) is 0 Å². The number of aromatic nitrogens is 3. The maximum atomic E-state index is 13.0. The normalized spacial score (nSPS) is 11.8. The largest absolute Gasteiger partial charge is 0.497 e.